The van der Waals surface area contributed by atoms with Crippen molar-refractivity contribution in [3.05, 3.63) is 0 Å². The fraction of sp³-hybridized carbons (Fsp3) is 0.915. The van der Waals surface area contributed by atoms with Crippen LogP contribution in [0.2, 0.25) is 0 Å². The largest absolute Gasteiger partial charge is 0.380 e. The SMILES string of the molecule is CCOC(CCCNC(=O)CCOCC(COCCC(=O)NCCCC(OCC)OCC)(COCCC(=O)NCCCC(OCC)OCC)COP(OCCC#N)N(C(C)C)C(C)C)OCC. The third-order valence-electron chi connectivity index (χ3n) is 9.72. The second-order valence-corrected chi connectivity index (χ2v) is 17.7. The molecule has 3 amide bonds. The average molecular weight is 982 g/mol. The molecule has 20 heteroatoms. The van der Waals surface area contributed by atoms with Crippen molar-refractivity contribution in [1.29, 1.82) is 5.26 Å². The van der Waals surface area contributed by atoms with Gasteiger partial charge in [-0.05, 0) is 88.5 Å². The van der Waals surface area contributed by atoms with Gasteiger partial charge in [-0.1, -0.05) is 0 Å². The van der Waals surface area contributed by atoms with Crippen LogP contribution in [0.5, 0.6) is 0 Å². The lowest BCUT2D eigenvalue weighted by molar-refractivity contribution is -0.140. The number of carbonyl (C=O) groups excluding carboxylic acids is 3. The van der Waals surface area contributed by atoms with Crippen LogP contribution in [0.15, 0.2) is 0 Å². The Morgan fingerprint density at radius 2 is 0.851 bits per heavy atom. The minimum atomic E-state index is -1.65. The highest BCUT2D eigenvalue weighted by molar-refractivity contribution is 7.44. The Balaban J connectivity index is 6.07. The van der Waals surface area contributed by atoms with Crippen LogP contribution in [-0.2, 0) is 66.1 Å². The molecular formula is C47H92N5O14P. The number of nitrogens with one attached hydrogen (secondary N) is 3. The standard InChI is InChI=1S/C47H92N5O14P/c1-11-59-44(60-12-2)21-17-28-49-41(53)24-32-56-35-47(38-66-67(65-31-20-27-48)52(39(7)8)40(9)10,36-57-33-25-42(54)50-29-18-22-45(61-13-3)62-14-4)37-58-34-26-43(55)51-30-19-23-46(63-15-5)64-16-6/h39-40,44-46H,11-26,28-38H2,1-10H3,(H,49,53)(H,50,54)(H,51,55). The van der Waals surface area contributed by atoms with E-state index in [4.69, 9.17) is 51.7 Å². The second kappa shape index (κ2) is 43.8. The van der Waals surface area contributed by atoms with Gasteiger partial charge in [-0.3, -0.25) is 14.4 Å². The maximum absolute atomic E-state index is 12.9. The van der Waals surface area contributed by atoms with Crippen LogP contribution in [0.4, 0.5) is 0 Å². The molecule has 0 fully saturated rings. The van der Waals surface area contributed by atoms with Crippen molar-refractivity contribution in [2.75, 3.05) is 112 Å². The molecule has 0 aromatic carbocycles. The summed E-state index contributed by atoms with van der Waals surface area (Å²) >= 11 is 0. The smallest absolute Gasteiger partial charge is 0.259 e. The van der Waals surface area contributed by atoms with Gasteiger partial charge >= 0.3 is 0 Å². The molecule has 0 heterocycles. The van der Waals surface area contributed by atoms with Crippen molar-refractivity contribution >= 4 is 26.2 Å². The van der Waals surface area contributed by atoms with E-state index in [1.54, 1.807) is 0 Å². The van der Waals surface area contributed by atoms with Gasteiger partial charge in [-0.25, -0.2) is 4.67 Å². The Kier molecular flexibility index (Phi) is 42.4. The summed E-state index contributed by atoms with van der Waals surface area (Å²) in [7, 11) is -1.65. The number of hydrogen-bond donors (Lipinski definition) is 3. The molecule has 0 radical (unpaired) electrons. The number of nitrogens with zero attached hydrogens (tertiary/aromatic N) is 2. The molecule has 1 atom stereocenters. The minimum absolute atomic E-state index is 0.0499. The van der Waals surface area contributed by atoms with Gasteiger partial charge in [0.25, 0.3) is 8.53 Å². The summed E-state index contributed by atoms with van der Waals surface area (Å²) in [5.41, 5.74) is -0.961. The Morgan fingerprint density at radius 3 is 1.13 bits per heavy atom. The monoisotopic (exact) mass is 982 g/mol. The van der Waals surface area contributed by atoms with Gasteiger partial charge in [0, 0.05) is 110 Å². The summed E-state index contributed by atoms with van der Waals surface area (Å²) in [6.45, 7) is 25.1. The number of ether oxygens (including phenoxy) is 9. The van der Waals surface area contributed by atoms with Crippen LogP contribution >= 0.6 is 8.53 Å². The lowest BCUT2D eigenvalue weighted by Gasteiger charge is -2.39. The number of carbonyl (C=O) groups is 3. The van der Waals surface area contributed by atoms with Crippen molar-refractivity contribution in [1.82, 2.24) is 20.6 Å². The van der Waals surface area contributed by atoms with E-state index < -0.39 is 13.9 Å². The third-order valence-corrected chi connectivity index (χ3v) is 11.8. The predicted octanol–water partition coefficient (Wildman–Crippen LogP) is 6.37. The van der Waals surface area contributed by atoms with Crippen LogP contribution in [0, 0.1) is 16.7 Å². The average Bonchev–Trinajstić information content (AvgIpc) is 3.29. The van der Waals surface area contributed by atoms with Crippen LogP contribution in [0.1, 0.15) is 133 Å². The fourth-order valence-corrected chi connectivity index (χ4v) is 8.36. The van der Waals surface area contributed by atoms with Crippen LogP contribution in [-0.4, -0.2) is 165 Å². The molecule has 67 heavy (non-hydrogen) atoms. The Bertz CT molecular complexity index is 1120. The molecule has 0 aliphatic heterocycles. The summed E-state index contributed by atoms with van der Waals surface area (Å²) in [5.74, 6) is -0.480. The first-order valence-electron chi connectivity index (χ1n) is 24.8. The molecular weight excluding hydrogens is 890 g/mol. The lowest BCUT2D eigenvalue weighted by Crippen LogP contribution is -2.43. The Hall–Kier alpha value is -2.15. The highest BCUT2D eigenvalue weighted by Crippen LogP contribution is 2.47. The second-order valence-electron chi connectivity index (χ2n) is 16.2. The first kappa shape index (κ1) is 64.8. The summed E-state index contributed by atoms with van der Waals surface area (Å²) in [6.07, 6.45) is 3.66. The summed E-state index contributed by atoms with van der Waals surface area (Å²) in [4.78, 5) is 38.6. The summed E-state index contributed by atoms with van der Waals surface area (Å²) < 4.78 is 67.3. The normalized spacial score (nSPS) is 12.5. The molecule has 0 saturated carbocycles. The van der Waals surface area contributed by atoms with Gasteiger partial charge in [0.05, 0.1) is 70.8 Å². The van der Waals surface area contributed by atoms with E-state index in [0.717, 1.165) is 0 Å². The van der Waals surface area contributed by atoms with Gasteiger partial charge in [-0.15, -0.1) is 0 Å². The van der Waals surface area contributed by atoms with E-state index in [1.165, 1.54) is 0 Å². The molecule has 0 aliphatic rings. The van der Waals surface area contributed by atoms with Crippen LogP contribution in [0.3, 0.4) is 0 Å². The van der Waals surface area contributed by atoms with E-state index in [9.17, 15) is 19.6 Å². The van der Waals surface area contributed by atoms with Gasteiger partial charge < -0.3 is 67.6 Å². The molecule has 3 N–H and O–H groups in total. The highest BCUT2D eigenvalue weighted by Gasteiger charge is 2.37. The maximum atomic E-state index is 12.9. The molecule has 0 aliphatic carbocycles. The number of nitriles is 1. The van der Waals surface area contributed by atoms with E-state index in [1.807, 2.05) is 41.5 Å². The predicted molar refractivity (Wildman–Crippen MR) is 258 cm³/mol. The van der Waals surface area contributed by atoms with E-state index in [-0.39, 0.29) is 127 Å². The highest BCUT2D eigenvalue weighted by atomic mass is 31.2. The zero-order valence-electron chi connectivity index (χ0n) is 43.0. The third kappa shape index (κ3) is 34.7. The van der Waals surface area contributed by atoms with Gasteiger partial charge in [0.1, 0.15) is 0 Å². The van der Waals surface area contributed by atoms with Gasteiger partial charge in [0.15, 0.2) is 18.9 Å². The molecule has 0 bridgehead atoms. The number of hydrogen-bond acceptors (Lipinski definition) is 16. The van der Waals surface area contributed by atoms with Gasteiger partial charge in [0.2, 0.25) is 17.7 Å². The van der Waals surface area contributed by atoms with Crippen molar-refractivity contribution in [2.24, 2.45) is 5.41 Å². The lowest BCUT2D eigenvalue weighted by atomic mass is 9.92. The zero-order chi connectivity index (χ0) is 50.0. The molecule has 0 aromatic heterocycles. The molecule has 394 valence electrons. The number of amides is 3. The summed E-state index contributed by atoms with van der Waals surface area (Å²) in [5, 5.41) is 18.1. The topological polar surface area (TPSA) is 216 Å². The number of rotatable bonds is 48. The van der Waals surface area contributed by atoms with Gasteiger partial charge in [-0.2, -0.15) is 5.26 Å². The molecule has 19 nitrogen and oxygen atoms in total. The zero-order valence-corrected chi connectivity index (χ0v) is 43.9. The quantitative estimate of drug-likeness (QED) is 0.0343. The first-order chi connectivity index (χ1) is 32.3. The molecule has 0 rings (SSSR count). The van der Waals surface area contributed by atoms with Crippen molar-refractivity contribution in [3.63, 3.8) is 0 Å². The molecule has 0 spiro atoms. The van der Waals surface area contributed by atoms with Crippen LogP contribution < -0.4 is 16.0 Å². The van der Waals surface area contributed by atoms with E-state index in [2.05, 4.69) is 54.4 Å². The van der Waals surface area contributed by atoms with E-state index >= 15 is 0 Å². The maximum Gasteiger partial charge on any atom is 0.259 e. The molecule has 0 saturated heterocycles. The van der Waals surface area contributed by atoms with Crippen LogP contribution in [0.25, 0.3) is 0 Å². The Morgan fingerprint density at radius 1 is 0.522 bits per heavy atom. The minimum Gasteiger partial charge on any atom is -0.380 e. The van der Waals surface area contributed by atoms with E-state index in [0.29, 0.717) is 97.8 Å². The van der Waals surface area contributed by atoms with Crippen molar-refractivity contribution in [2.45, 2.75) is 164 Å². The summed E-state index contributed by atoms with van der Waals surface area (Å²) in [6, 6.07) is 2.25. The molecule has 0 aromatic rings. The fourth-order valence-electron chi connectivity index (χ4n) is 6.63. The van der Waals surface area contributed by atoms with Crippen molar-refractivity contribution < 1.29 is 66.1 Å². The van der Waals surface area contributed by atoms with Crippen molar-refractivity contribution in [3.8, 4) is 6.07 Å². The first-order valence-corrected chi connectivity index (χ1v) is 25.9. The molecule has 1 unspecified atom stereocenters. The Labute approximate surface area is 405 Å².